The van der Waals surface area contributed by atoms with Crippen molar-refractivity contribution >= 4 is 38.5 Å². The first kappa shape index (κ1) is 18.2. The quantitative estimate of drug-likeness (QED) is 0.806. The van der Waals surface area contributed by atoms with Gasteiger partial charge in [0.15, 0.2) is 5.13 Å². The van der Waals surface area contributed by atoms with E-state index in [2.05, 4.69) is 18.8 Å². The third-order valence-corrected chi connectivity index (χ3v) is 6.61. The Morgan fingerprint density at radius 3 is 2.74 bits per heavy atom. The normalized spacial score (nSPS) is 25.6. The number of carbonyl (C=O) groups is 2. The van der Waals surface area contributed by atoms with Crippen molar-refractivity contribution in [2.75, 3.05) is 18.1 Å². The smallest absolute Gasteiger partial charge is 0.229 e. The number of benzene rings is 1. The van der Waals surface area contributed by atoms with Gasteiger partial charge in [0.05, 0.1) is 22.7 Å². The molecule has 2 saturated heterocycles. The maximum atomic E-state index is 13.0. The van der Waals surface area contributed by atoms with E-state index in [1.165, 1.54) is 11.3 Å². The molecule has 0 aliphatic carbocycles. The van der Waals surface area contributed by atoms with Gasteiger partial charge in [-0.05, 0) is 51.8 Å². The Bertz CT molecular complexity index is 870. The summed E-state index contributed by atoms with van der Waals surface area (Å²) in [6, 6.07) is 6.28. The Morgan fingerprint density at radius 1 is 1.30 bits per heavy atom. The number of thiazole rings is 1. The van der Waals surface area contributed by atoms with E-state index >= 15 is 0 Å². The number of aromatic nitrogens is 1. The van der Waals surface area contributed by atoms with Gasteiger partial charge in [0.2, 0.25) is 11.8 Å². The molecule has 6 nitrogen and oxygen atoms in total. The molecule has 0 N–H and O–H groups in total. The van der Waals surface area contributed by atoms with Crippen LogP contribution in [0.2, 0.25) is 0 Å². The number of carbonyl (C=O) groups excluding carboxylic acids is 2. The van der Waals surface area contributed by atoms with Crippen LogP contribution in [-0.2, 0) is 9.59 Å². The molecule has 0 saturated carbocycles. The van der Waals surface area contributed by atoms with Gasteiger partial charge >= 0.3 is 0 Å². The topological polar surface area (TPSA) is 62.7 Å². The highest BCUT2D eigenvalue weighted by Crippen LogP contribution is 2.36. The first-order chi connectivity index (χ1) is 13.0. The van der Waals surface area contributed by atoms with Crippen LogP contribution >= 0.6 is 11.3 Å². The fraction of sp³-hybridized carbons (Fsp3) is 0.550. The number of hydrogen-bond acceptors (Lipinski definition) is 5. The van der Waals surface area contributed by atoms with Crippen LogP contribution in [0.5, 0.6) is 5.75 Å². The molecule has 7 heteroatoms. The van der Waals surface area contributed by atoms with Crippen LogP contribution < -0.4 is 9.64 Å². The Balaban J connectivity index is 1.54. The summed E-state index contributed by atoms with van der Waals surface area (Å²) in [6.07, 6.45) is 2.35. The van der Waals surface area contributed by atoms with E-state index in [0.29, 0.717) is 18.3 Å². The van der Waals surface area contributed by atoms with Crippen molar-refractivity contribution in [3.8, 4) is 5.75 Å². The zero-order valence-corrected chi connectivity index (χ0v) is 16.8. The van der Waals surface area contributed by atoms with Gasteiger partial charge in [-0.3, -0.25) is 14.5 Å². The van der Waals surface area contributed by atoms with E-state index in [9.17, 15) is 9.59 Å². The van der Waals surface area contributed by atoms with Gasteiger partial charge in [-0.25, -0.2) is 4.98 Å². The number of rotatable bonds is 4. The number of ether oxygens (including phenoxy) is 1. The SMILES string of the molecule is CCOc1ccc2nc(N3CC(C(=O)N4[C@H](C)CC[C@@H]4C)CC3=O)sc2c1. The molecular formula is C20H25N3O3S. The number of likely N-dealkylation sites (tertiary alicyclic amines) is 1. The lowest BCUT2D eigenvalue weighted by Gasteiger charge is -2.28. The van der Waals surface area contributed by atoms with Crippen LogP contribution in [0.25, 0.3) is 10.2 Å². The second kappa shape index (κ2) is 7.11. The molecule has 0 radical (unpaired) electrons. The maximum absolute atomic E-state index is 13.0. The summed E-state index contributed by atoms with van der Waals surface area (Å²) in [6.45, 7) is 7.17. The average molecular weight is 388 g/mol. The second-order valence-electron chi connectivity index (χ2n) is 7.49. The van der Waals surface area contributed by atoms with Gasteiger partial charge in [0, 0.05) is 25.0 Å². The lowest BCUT2D eigenvalue weighted by atomic mass is 10.1. The molecule has 144 valence electrons. The number of amides is 2. The highest BCUT2D eigenvalue weighted by molar-refractivity contribution is 7.22. The van der Waals surface area contributed by atoms with Crippen LogP contribution in [0.1, 0.15) is 40.0 Å². The minimum Gasteiger partial charge on any atom is -0.494 e. The van der Waals surface area contributed by atoms with E-state index in [1.54, 1.807) is 4.90 Å². The van der Waals surface area contributed by atoms with Gasteiger partial charge in [0.1, 0.15) is 5.75 Å². The summed E-state index contributed by atoms with van der Waals surface area (Å²) >= 11 is 1.47. The molecule has 4 rings (SSSR count). The van der Waals surface area contributed by atoms with Crippen molar-refractivity contribution in [2.45, 2.75) is 52.1 Å². The van der Waals surface area contributed by atoms with Crippen LogP contribution in [0, 0.1) is 5.92 Å². The molecule has 2 aliphatic heterocycles. The van der Waals surface area contributed by atoms with Gasteiger partial charge in [0.25, 0.3) is 0 Å². The van der Waals surface area contributed by atoms with Gasteiger partial charge in [-0.15, -0.1) is 0 Å². The summed E-state index contributed by atoms with van der Waals surface area (Å²) < 4.78 is 6.53. The van der Waals surface area contributed by atoms with E-state index < -0.39 is 0 Å². The molecule has 2 aliphatic rings. The summed E-state index contributed by atoms with van der Waals surface area (Å²) in [7, 11) is 0. The summed E-state index contributed by atoms with van der Waals surface area (Å²) in [5.41, 5.74) is 0.850. The standard InChI is InChI=1S/C20H25N3O3S/c1-4-26-15-7-8-16-17(10-15)27-20(21-16)22-11-14(9-18(22)24)19(25)23-12(2)5-6-13(23)3/h7-8,10,12-14H,4-6,9,11H2,1-3H3/t12-,13+,14?. The lowest BCUT2D eigenvalue weighted by Crippen LogP contribution is -2.43. The van der Waals surface area contributed by atoms with E-state index in [1.807, 2.05) is 30.0 Å². The molecule has 2 amide bonds. The van der Waals surface area contributed by atoms with E-state index in [0.717, 1.165) is 28.8 Å². The molecule has 27 heavy (non-hydrogen) atoms. The predicted molar refractivity (Wildman–Crippen MR) is 106 cm³/mol. The highest BCUT2D eigenvalue weighted by Gasteiger charge is 2.42. The third-order valence-electron chi connectivity index (χ3n) is 5.57. The first-order valence-corrected chi connectivity index (χ1v) is 10.5. The minimum atomic E-state index is -0.272. The molecule has 2 aromatic rings. The molecular weight excluding hydrogens is 362 g/mol. The third kappa shape index (κ3) is 3.29. The monoisotopic (exact) mass is 387 g/mol. The summed E-state index contributed by atoms with van der Waals surface area (Å²) in [4.78, 5) is 33.9. The van der Waals surface area contributed by atoms with Crippen molar-refractivity contribution in [1.29, 1.82) is 0 Å². The first-order valence-electron chi connectivity index (χ1n) is 9.64. The Kier molecular flexibility index (Phi) is 4.80. The Morgan fingerprint density at radius 2 is 2.04 bits per heavy atom. The molecule has 1 aromatic carbocycles. The van der Waals surface area contributed by atoms with Crippen molar-refractivity contribution < 1.29 is 14.3 Å². The van der Waals surface area contributed by atoms with Crippen LogP contribution in [0.15, 0.2) is 18.2 Å². The molecule has 1 unspecified atom stereocenters. The molecule has 0 bridgehead atoms. The van der Waals surface area contributed by atoms with Gasteiger partial charge in [-0.1, -0.05) is 11.3 Å². The minimum absolute atomic E-state index is 0.0167. The van der Waals surface area contributed by atoms with Crippen molar-refractivity contribution in [3.05, 3.63) is 18.2 Å². The fourth-order valence-electron chi connectivity index (χ4n) is 4.16. The van der Waals surface area contributed by atoms with Crippen molar-refractivity contribution in [1.82, 2.24) is 9.88 Å². The number of fused-ring (bicyclic) bond motifs is 1. The maximum Gasteiger partial charge on any atom is 0.229 e. The second-order valence-corrected chi connectivity index (χ2v) is 8.49. The zero-order valence-electron chi connectivity index (χ0n) is 16.0. The summed E-state index contributed by atoms with van der Waals surface area (Å²) in [5.74, 6) is 0.629. The molecule has 0 spiro atoms. The Labute approximate surface area is 163 Å². The summed E-state index contributed by atoms with van der Waals surface area (Å²) in [5, 5.41) is 0.668. The van der Waals surface area contributed by atoms with E-state index in [4.69, 9.17) is 4.74 Å². The zero-order chi connectivity index (χ0) is 19.1. The van der Waals surface area contributed by atoms with Crippen molar-refractivity contribution in [3.63, 3.8) is 0 Å². The number of anilines is 1. The molecule has 1 aromatic heterocycles. The molecule has 2 fully saturated rings. The highest BCUT2D eigenvalue weighted by atomic mass is 32.1. The van der Waals surface area contributed by atoms with Crippen LogP contribution in [-0.4, -0.2) is 46.9 Å². The number of nitrogens with zero attached hydrogens (tertiary/aromatic N) is 3. The van der Waals surface area contributed by atoms with Gasteiger partial charge < -0.3 is 9.64 Å². The van der Waals surface area contributed by atoms with Crippen molar-refractivity contribution in [2.24, 2.45) is 5.92 Å². The van der Waals surface area contributed by atoms with Gasteiger partial charge in [-0.2, -0.15) is 0 Å². The van der Waals surface area contributed by atoms with Crippen LogP contribution in [0.3, 0.4) is 0 Å². The Hall–Kier alpha value is -2.15. The lowest BCUT2D eigenvalue weighted by molar-refractivity contribution is -0.138. The predicted octanol–water partition coefficient (Wildman–Crippen LogP) is 3.45. The van der Waals surface area contributed by atoms with E-state index in [-0.39, 0.29) is 36.2 Å². The van der Waals surface area contributed by atoms with Crippen LogP contribution in [0.4, 0.5) is 5.13 Å². The molecule has 3 atom stereocenters. The number of hydrogen-bond donors (Lipinski definition) is 0. The average Bonchev–Trinajstić information content (AvgIpc) is 3.31. The fourth-order valence-corrected chi connectivity index (χ4v) is 5.18. The molecule has 3 heterocycles. The largest absolute Gasteiger partial charge is 0.494 e.